The molecule has 0 saturated heterocycles. The van der Waals surface area contributed by atoms with E-state index in [1.54, 1.807) is 0 Å². The zero-order valence-corrected chi connectivity index (χ0v) is 8.73. The van der Waals surface area contributed by atoms with Gasteiger partial charge in [0.15, 0.2) is 0 Å². The fourth-order valence-electron chi connectivity index (χ4n) is 2.44. The van der Waals surface area contributed by atoms with E-state index in [0.29, 0.717) is 0 Å². The van der Waals surface area contributed by atoms with Crippen molar-refractivity contribution in [3.63, 3.8) is 0 Å². The van der Waals surface area contributed by atoms with Crippen molar-refractivity contribution >= 4 is 11.7 Å². The van der Waals surface area contributed by atoms with Crippen molar-refractivity contribution in [2.75, 3.05) is 20.1 Å². The van der Waals surface area contributed by atoms with E-state index in [9.17, 15) is 4.79 Å². The van der Waals surface area contributed by atoms with Crippen LogP contribution in [-0.2, 0) is 0 Å². The molecule has 3 nitrogen and oxygen atoms in total. The second kappa shape index (κ2) is 2.92. The van der Waals surface area contributed by atoms with Gasteiger partial charge in [-0.15, -0.1) is 0 Å². The Balaban J connectivity index is 2.27. The van der Waals surface area contributed by atoms with E-state index in [1.165, 1.54) is 0 Å². The number of hydrogen-bond donors (Lipinski definition) is 0. The van der Waals surface area contributed by atoms with Crippen LogP contribution >= 0.6 is 0 Å². The topological polar surface area (TPSA) is 23.3 Å². The fourth-order valence-corrected chi connectivity index (χ4v) is 2.44. The summed E-state index contributed by atoms with van der Waals surface area (Å²) in [5.41, 5.74) is 1.94. The summed E-state index contributed by atoms with van der Waals surface area (Å²) in [6.07, 6.45) is 1.06. The average molecular weight is 201 g/mol. The van der Waals surface area contributed by atoms with Crippen molar-refractivity contribution in [3.8, 4) is 0 Å². The molecule has 0 atom stereocenters. The van der Waals surface area contributed by atoms with Crippen molar-refractivity contribution in [1.82, 2.24) is 4.90 Å². The van der Waals surface area contributed by atoms with Crippen LogP contribution in [0.3, 0.4) is 0 Å². The molecule has 3 heteroatoms. The first kappa shape index (κ1) is 8.65. The Bertz CT molecular complexity index is 476. The number of amidine groups is 1. The molecule has 0 radical (unpaired) electrons. The molecule has 2 aliphatic rings. The van der Waals surface area contributed by atoms with E-state index in [-0.39, 0.29) is 5.91 Å². The van der Waals surface area contributed by atoms with E-state index < -0.39 is 0 Å². The first-order valence-electron chi connectivity index (χ1n) is 5.28. The molecule has 0 N–H and O–H groups in total. The highest BCUT2D eigenvalue weighted by molar-refractivity contribution is 6.21. The van der Waals surface area contributed by atoms with Gasteiger partial charge in [0.1, 0.15) is 0 Å². The lowest BCUT2D eigenvalue weighted by Crippen LogP contribution is -2.41. The van der Waals surface area contributed by atoms with Crippen LogP contribution in [0.1, 0.15) is 22.3 Å². The van der Waals surface area contributed by atoms with Crippen molar-refractivity contribution in [2.45, 2.75) is 6.42 Å². The summed E-state index contributed by atoms with van der Waals surface area (Å²) in [5.74, 6) is 1.24. The number of fused-ring (bicyclic) bond motifs is 3. The molecule has 3 rings (SSSR count). The molecule has 76 valence electrons. The molecule has 0 aliphatic carbocycles. The Hall–Kier alpha value is -1.64. The van der Waals surface area contributed by atoms with Gasteiger partial charge in [0, 0.05) is 6.42 Å². The lowest BCUT2D eigenvalue weighted by atomic mass is 10.1. The molecule has 1 amide bonds. The summed E-state index contributed by atoms with van der Waals surface area (Å²) >= 11 is 0. The molecule has 0 spiro atoms. The standard InChI is InChI=1S/C12H13N2O/c1-13-7-4-8-14-11(13)9-5-2-3-6-10(9)12(14)15/h2-3,5-6H,4,7-8H2,1H3/q+1. The second-order valence-corrected chi connectivity index (χ2v) is 4.10. The van der Waals surface area contributed by atoms with Crippen LogP contribution in [0.15, 0.2) is 24.3 Å². The Kier molecular flexibility index (Phi) is 1.69. The fraction of sp³-hybridized carbons (Fsp3) is 0.333. The van der Waals surface area contributed by atoms with Gasteiger partial charge in [0.2, 0.25) is 0 Å². The van der Waals surface area contributed by atoms with Crippen molar-refractivity contribution < 1.29 is 9.37 Å². The highest BCUT2D eigenvalue weighted by atomic mass is 16.2. The first-order valence-corrected chi connectivity index (χ1v) is 5.28. The van der Waals surface area contributed by atoms with Crippen molar-refractivity contribution in [2.24, 2.45) is 0 Å². The molecule has 2 aliphatic heterocycles. The Morgan fingerprint density at radius 3 is 2.80 bits per heavy atom. The van der Waals surface area contributed by atoms with E-state index in [4.69, 9.17) is 0 Å². The minimum Gasteiger partial charge on any atom is -0.264 e. The van der Waals surface area contributed by atoms with Gasteiger partial charge in [0.25, 0.3) is 5.84 Å². The second-order valence-electron chi connectivity index (χ2n) is 4.10. The van der Waals surface area contributed by atoms with E-state index in [1.807, 2.05) is 29.2 Å². The van der Waals surface area contributed by atoms with Crippen LogP contribution in [0.25, 0.3) is 0 Å². The summed E-state index contributed by atoms with van der Waals surface area (Å²) in [6.45, 7) is 1.89. The summed E-state index contributed by atoms with van der Waals surface area (Å²) in [6, 6.07) is 7.86. The molecule has 0 fully saturated rings. The number of carbonyl (C=O) groups excluding carboxylic acids is 1. The van der Waals surface area contributed by atoms with Crippen LogP contribution in [-0.4, -0.2) is 41.4 Å². The van der Waals surface area contributed by atoms with Crippen molar-refractivity contribution in [3.05, 3.63) is 35.4 Å². The third-order valence-electron chi connectivity index (χ3n) is 3.14. The molecule has 0 saturated carbocycles. The molecule has 0 bridgehead atoms. The number of amides is 1. The van der Waals surface area contributed by atoms with Crippen LogP contribution in [0, 0.1) is 0 Å². The van der Waals surface area contributed by atoms with Crippen LogP contribution in [0.4, 0.5) is 0 Å². The summed E-state index contributed by atoms with van der Waals surface area (Å²) < 4.78 is 2.17. The molecular formula is C12H13N2O+. The molecular weight excluding hydrogens is 188 g/mol. The number of nitrogens with zero attached hydrogens (tertiary/aromatic N) is 2. The highest BCUT2D eigenvalue weighted by Gasteiger charge is 2.43. The van der Waals surface area contributed by atoms with Crippen LogP contribution < -0.4 is 0 Å². The van der Waals surface area contributed by atoms with Crippen molar-refractivity contribution in [1.29, 1.82) is 0 Å². The van der Waals surface area contributed by atoms with E-state index in [0.717, 1.165) is 36.5 Å². The molecule has 2 heterocycles. The first-order chi connectivity index (χ1) is 7.29. The third kappa shape index (κ3) is 1.06. The molecule has 0 unspecified atom stereocenters. The van der Waals surface area contributed by atoms with Gasteiger partial charge in [-0.3, -0.25) is 4.58 Å². The maximum atomic E-state index is 12.1. The Morgan fingerprint density at radius 1 is 1.27 bits per heavy atom. The largest absolute Gasteiger partial charge is 0.342 e. The molecule has 15 heavy (non-hydrogen) atoms. The monoisotopic (exact) mass is 201 g/mol. The van der Waals surface area contributed by atoms with Gasteiger partial charge in [0.05, 0.1) is 31.3 Å². The van der Waals surface area contributed by atoms with E-state index >= 15 is 0 Å². The molecule has 0 aromatic heterocycles. The average Bonchev–Trinajstić information content (AvgIpc) is 2.55. The summed E-state index contributed by atoms with van der Waals surface area (Å²) in [4.78, 5) is 14.0. The molecule has 1 aromatic rings. The lowest BCUT2D eigenvalue weighted by molar-refractivity contribution is -0.506. The smallest absolute Gasteiger partial charge is 0.264 e. The zero-order valence-electron chi connectivity index (χ0n) is 8.73. The van der Waals surface area contributed by atoms with E-state index in [2.05, 4.69) is 11.6 Å². The van der Waals surface area contributed by atoms with Crippen LogP contribution in [0.5, 0.6) is 0 Å². The maximum Gasteiger partial charge on any atom is 0.342 e. The van der Waals surface area contributed by atoms with Gasteiger partial charge < -0.3 is 0 Å². The predicted molar refractivity (Wildman–Crippen MR) is 57.3 cm³/mol. The SMILES string of the molecule is C[N+]1=C2c3ccccc3C(=O)N2CCC1. The van der Waals surface area contributed by atoms with Gasteiger partial charge in [-0.05, 0) is 12.1 Å². The summed E-state index contributed by atoms with van der Waals surface area (Å²) in [5, 5.41) is 0. The number of carbonyl (C=O) groups is 1. The number of rotatable bonds is 0. The predicted octanol–water partition coefficient (Wildman–Crippen LogP) is 0.935. The normalized spacial score (nSPS) is 19.3. The zero-order chi connectivity index (χ0) is 10.4. The minimum absolute atomic E-state index is 0.159. The molecule has 1 aromatic carbocycles. The van der Waals surface area contributed by atoms with Gasteiger partial charge >= 0.3 is 5.91 Å². The van der Waals surface area contributed by atoms with Gasteiger partial charge in [-0.1, -0.05) is 12.1 Å². The van der Waals surface area contributed by atoms with Gasteiger partial charge in [-0.25, -0.2) is 4.79 Å². The maximum absolute atomic E-state index is 12.1. The minimum atomic E-state index is 0.159. The Labute approximate surface area is 88.6 Å². The Morgan fingerprint density at radius 2 is 2.00 bits per heavy atom. The third-order valence-corrected chi connectivity index (χ3v) is 3.14. The highest BCUT2D eigenvalue weighted by Crippen LogP contribution is 2.24. The van der Waals surface area contributed by atoms with Gasteiger partial charge in [-0.2, -0.15) is 4.90 Å². The number of hydrogen-bond acceptors (Lipinski definition) is 1. The number of benzene rings is 1. The van der Waals surface area contributed by atoms with Crippen LogP contribution in [0.2, 0.25) is 0 Å². The lowest BCUT2D eigenvalue weighted by Gasteiger charge is -2.17. The quantitative estimate of drug-likeness (QED) is 0.573. The summed E-state index contributed by atoms with van der Waals surface area (Å²) in [7, 11) is 2.05.